The number of hydrogen-bond acceptors (Lipinski definition) is 0. The molecule has 0 unspecified atom stereocenters. The van der Waals surface area contributed by atoms with Crippen LogP contribution in [0.3, 0.4) is 0 Å². The molecule has 2 aliphatic rings. The Balaban J connectivity index is 1.13. The second kappa shape index (κ2) is 11.0. The van der Waals surface area contributed by atoms with E-state index in [1.165, 1.54) is 121 Å². The van der Waals surface area contributed by atoms with Crippen molar-refractivity contribution in [2.45, 2.75) is 0 Å². The molecule has 2 aromatic heterocycles. The Bertz CT molecular complexity index is 3560. The summed E-state index contributed by atoms with van der Waals surface area (Å²) in [5.41, 5.74) is 20.0. The lowest BCUT2D eigenvalue weighted by Crippen LogP contribution is -2.00. The smallest absolute Gasteiger partial charge is 0.0553 e. The summed E-state index contributed by atoms with van der Waals surface area (Å²) in [5, 5.41) is 10.5. The van der Waals surface area contributed by atoms with E-state index in [1.54, 1.807) is 0 Å². The van der Waals surface area contributed by atoms with Crippen molar-refractivity contribution in [3.05, 3.63) is 194 Å². The zero-order valence-corrected chi connectivity index (χ0v) is 31.4. The predicted molar refractivity (Wildman–Crippen MR) is 244 cm³/mol. The van der Waals surface area contributed by atoms with Gasteiger partial charge < -0.3 is 9.13 Å². The molecule has 0 saturated heterocycles. The molecule has 0 spiro atoms. The number of benzene rings is 10. The van der Waals surface area contributed by atoms with Gasteiger partial charge in [0, 0.05) is 32.9 Å². The SMILES string of the molecule is c1ccc(-c2cc(-n3c4ccccc4c4c5cccc6c5c(cc43)-c3ccccc3-6)cc(-n3c4ccccc4c4c5cccc6c5c(cc43)-c3ccccc3-6)c2)cc1. The molecule has 14 rings (SSSR count). The molecular weight excluding hydrogens is 701 g/mol. The number of nitrogens with zero attached hydrogens (tertiary/aromatic N) is 2. The van der Waals surface area contributed by atoms with Crippen LogP contribution < -0.4 is 0 Å². The van der Waals surface area contributed by atoms with Crippen molar-refractivity contribution in [3.63, 3.8) is 0 Å². The molecule has 0 bridgehead atoms. The molecule has 0 saturated carbocycles. The number of para-hydroxylation sites is 2. The quantitative estimate of drug-likeness (QED) is 0.171. The van der Waals surface area contributed by atoms with Crippen LogP contribution in [0.5, 0.6) is 0 Å². The lowest BCUT2D eigenvalue weighted by molar-refractivity contribution is 1.14. The average Bonchev–Trinajstić information content (AvgIpc) is 4.01. The van der Waals surface area contributed by atoms with Gasteiger partial charge in [-0.15, -0.1) is 0 Å². The monoisotopic (exact) mass is 732 g/mol. The second-order valence-corrected chi connectivity index (χ2v) is 16.0. The molecular formula is C56H32N2. The number of aromatic nitrogens is 2. The number of hydrogen-bond donors (Lipinski definition) is 0. The minimum atomic E-state index is 1.14. The van der Waals surface area contributed by atoms with Gasteiger partial charge in [-0.25, -0.2) is 0 Å². The van der Waals surface area contributed by atoms with Gasteiger partial charge in [0.1, 0.15) is 0 Å². The van der Waals surface area contributed by atoms with Gasteiger partial charge in [-0.05, 0) is 120 Å². The van der Waals surface area contributed by atoms with E-state index < -0.39 is 0 Å². The highest BCUT2D eigenvalue weighted by molar-refractivity contribution is 6.31. The van der Waals surface area contributed by atoms with E-state index in [0.29, 0.717) is 0 Å². The molecule has 2 nitrogen and oxygen atoms in total. The van der Waals surface area contributed by atoms with Crippen molar-refractivity contribution >= 4 is 65.2 Å². The lowest BCUT2D eigenvalue weighted by Gasteiger charge is -2.16. The summed E-state index contributed by atoms with van der Waals surface area (Å²) in [5.74, 6) is 0. The van der Waals surface area contributed by atoms with E-state index in [4.69, 9.17) is 0 Å². The molecule has 10 aromatic carbocycles. The summed E-state index contributed by atoms with van der Waals surface area (Å²) in [6.45, 7) is 0. The fraction of sp³-hybridized carbons (Fsp3) is 0. The average molecular weight is 733 g/mol. The van der Waals surface area contributed by atoms with Gasteiger partial charge in [-0.1, -0.05) is 152 Å². The largest absolute Gasteiger partial charge is 0.309 e. The number of fused-ring (bicyclic) bond motifs is 14. The van der Waals surface area contributed by atoms with Gasteiger partial charge in [-0.2, -0.15) is 0 Å². The van der Waals surface area contributed by atoms with Crippen molar-refractivity contribution in [2.75, 3.05) is 0 Å². The molecule has 2 heteroatoms. The van der Waals surface area contributed by atoms with E-state index in [2.05, 4.69) is 203 Å². The van der Waals surface area contributed by atoms with Crippen LogP contribution in [0.25, 0.3) is 132 Å². The Morgan fingerprint density at radius 1 is 0.224 bits per heavy atom. The lowest BCUT2D eigenvalue weighted by atomic mass is 9.98. The zero-order valence-electron chi connectivity index (χ0n) is 31.4. The van der Waals surface area contributed by atoms with Crippen LogP contribution in [0.4, 0.5) is 0 Å². The van der Waals surface area contributed by atoms with Gasteiger partial charge in [0.15, 0.2) is 0 Å². The van der Waals surface area contributed by atoms with E-state index in [1.807, 2.05) is 0 Å². The minimum absolute atomic E-state index is 1.14. The Morgan fingerprint density at radius 3 is 1.12 bits per heavy atom. The molecule has 0 N–H and O–H groups in total. The van der Waals surface area contributed by atoms with E-state index >= 15 is 0 Å². The van der Waals surface area contributed by atoms with Crippen LogP contribution in [0, 0.1) is 0 Å². The van der Waals surface area contributed by atoms with Gasteiger partial charge in [-0.3, -0.25) is 0 Å². The molecule has 12 aromatic rings. The summed E-state index contributed by atoms with van der Waals surface area (Å²) in [7, 11) is 0. The van der Waals surface area contributed by atoms with Crippen LogP contribution in [-0.2, 0) is 0 Å². The molecule has 2 heterocycles. The van der Waals surface area contributed by atoms with Crippen LogP contribution in [0.15, 0.2) is 194 Å². The first-order chi connectivity index (χ1) is 28.8. The highest BCUT2D eigenvalue weighted by Gasteiger charge is 2.28. The van der Waals surface area contributed by atoms with Gasteiger partial charge in [0.05, 0.1) is 22.1 Å². The van der Waals surface area contributed by atoms with Crippen molar-refractivity contribution in [1.82, 2.24) is 9.13 Å². The maximum absolute atomic E-state index is 2.52. The predicted octanol–water partition coefficient (Wildman–Crippen LogP) is 15.1. The normalized spacial score (nSPS) is 12.5. The molecule has 0 atom stereocenters. The fourth-order valence-corrected chi connectivity index (χ4v) is 10.9. The first-order valence-electron chi connectivity index (χ1n) is 20.2. The van der Waals surface area contributed by atoms with Gasteiger partial charge in [0.2, 0.25) is 0 Å². The van der Waals surface area contributed by atoms with Gasteiger partial charge in [0.25, 0.3) is 0 Å². The first-order valence-corrected chi connectivity index (χ1v) is 20.2. The Kier molecular flexibility index (Phi) is 5.79. The Hall–Kier alpha value is -7.68. The zero-order chi connectivity index (χ0) is 37.6. The topological polar surface area (TPSA) is 9.86 Å². The van der Waals surface area contributed by atoms with E-state index in [0.717, 1.165) is 11.4 Å². The molecule has 0 fully saturated rings. The molecule has 2 aliphatic carbocycles. The molecule has 0 radical (unpaired) electrons. The third kappa shape index (κ3) is 3.82. The third-order valence-electron chi connectivity index (χ3n) is 13.1. The first kappa shape index (κ1) is 30.5. The summed E-state index contributed by atoms with van der Waals surface area (Å²) in [4.78, 5) is 0. The van der Waals surface area contributed by atoms with Crippen molar-refractivity contribution in [2.24, 2.45) is 0 Å². The van der Waals surface area contributed by atoms with Crippen LogP contribution >= 0.6 is 0 Å². The van der Waals surface area contributed by atoms with Crippen LogP contribution in [0.2, 0.25) is 0 Å². The maximum Gasteiger partial charge on any atom is 0.0553 e. The van der Waals surface area contributed by atoms with Crippen molar-refractivity contribution in [1.29, 1.82) is 0 Å². The summed E-state index contributed by atoms with van der Waals surface area (Å²) < 4.78 is 5.05. The maximum atomic E-state index is 2.52. The minimum Gasteiger partial charge on any atom is -0.309 e. The standard InChI is InChI=1S/C56H32N2/c1-2-14-33(15-3-1)34-28-35(57-49-26-10-8-20-43(49)55-45-24-12-22-41-37-16-4-6-18-39(37)47(53(41)45)31-51(55)57)30-36(29-34)58-50-27-11-9-21-44(50)56-46-25-13-23-42-38-17-5-7-19-40(38)48(54(42)46)32-52(56)58/h1-32H. The summed E-state index contributed by atoms with van der Waals surface area (Å²) >= 11 is 0. The Morgan fingerprint density at radius 2 is 0.621 bits per heavy atom. The van der Waals surface area contributed by atoms with E-state index in [9.17, 15) is 0 Å². The van der Waals surface area contributed by atoms with Crippen LogP contribution in [-0.4, -0.2) is 9.13 Å². The van der Waals surface area contributed by atoms with Crippen LogP contribution in [0.1, 0.15) is 0 Å². The molecule has 0 amide bonds. The fourth-order valence-electron chi connectivity index (χ4n) is 10.9. The van der Waals surface area contributed by atoms with E-state index in [-0.39, 0.29) is 0 Å². The summed E-state index contributed by atoms with van der Waals surface area (Å²) in [6.07, 6.45) is 0. The highest BCUT2D eigenvalue weighted by atomic mass is 15.0. The third-order valence-corrected chi connectivity index (χ3v) is 13.1. The van der Waals surface area contributed by atoms with Crippen molar-refractivity contribution in [3.8, 4) is 67.0 Å². The molecule has 0 aliphatic heterocycles. The number of rotatable bonds is 3. The highest BCUT2D eigenvalue weighted by Crippen LogP contribution is 2.53. The summed E-state index contributed by atoms with van der Waals surface area (Å²) in [6, 6.07) is 72.5. The Labute approximate surface area is 334 Å². The van der Waals surface area contributed by atoms with Gasteiger partial charge >= 0.3 is 0 Å². The molecule has 58 heavy (non-hydrogen) atoms. The van der Waals surface area contributed by atoms with Crippen molar-refractivity contribution < 1.29 is 0 Å². The second-order valence-electron chi connectivity index (χ2n) is 16.0. The molecule has 266 valence electrons.